The number of nitrogens with one attached hydrogen (secondary N) is 1. The van der Waals surface area contributed by atoms with Crippen LogP contribution in [-0.4, -0.2) is 17.6 Å². The van der Waals surface area contributed by atoms with Crippen molar-refractivity contribution in [3.63, 3.8) is 0 Å². The van der Waals surface area contributed by atoms with Crippen LogP contribution < -0.4 is 10.2 Å². The molecule has 0 aliphatic carbocycles. The highest BCUT2D eigenvalue weighted by molar-refractivity contribution is 8.00. The first kappa shape index (κ1) is 21.2. The van der Waals surface area contributed by atoms with Gasteiger partial charge in [-0.15, -0.1) is 11.8 Å². The first-order valence-corrected chi connectivity index (χ1v) is 11.7. The molecule has 0 unspecified atom stereocenters. The van der Waals surface area contributed by atoms with Gasteiger partial charge in [-0.05, 0) is 53.6 Å². The maximum atomic E-state index is 14.2. The highest BCUT2D eigenvalue weighted by atomic mass is 32.2. The van der Waals surface area contributed by atoms with E-state index in [0.29, 0.717) is 28.3 Å². The standard InChI is InChI=1S/C27H21FN2O2S/c1-17-23(28)13-6-14-24(17)30-25(31)16-33-27(30)19-9-4-10-20(15-19)29-26(32)22-12-5-8-18-7-2-3-11-21(18)22/h2-15,27H,16H2,1H3,(H,29,32)/t27-/m0/s1. The summed E-state index contributed by atoms with van der Waals surface area (Å²) in [5, 5.41) is 4.58. The van der Waals surface area contributed by atoms with Crippen LogP contribution in [-0.2, 0) is 4.79 Å². The Kier molecular flexibility index (Phi) is 5.60. The molecule has 2 amide bonds. The van der Waals surface area contributed by atoms with E-state index < -0.39 is 0 Å². The lowest BCUT2D eigenvalue weighted by molar-refractivity contribution is -0.115. The zero-order chi connectivity index (χ0) is 22.9. The van der Waals surface area contributed by atoms with E-state index in [1.165, 1.54) is 17.8 Å². The minimum atomic E-state index is -0.341. The van der Waals surface area contributed by atoms with Crippen LogP contribution in [0.25, 0.3) is 10.8 Å². The second-order valence-electron chi connectivity index (χ2n) is 7.92. The number of thioether (sulfide) groups is 1. The molecular formula is C27H21FN2O2S. The third-order valence-electron chi connectivity index (χ3n) is 5.83. The van der Waals surface area contributed by atoms with Gasteiger partial charge in [0.1, 0.15) is 11.2 Å². The number of amides is 2. The number of hydrogen-bond acceptors (Lipinski definition) is 3. The van der Waals surface area contributed by atoms with E-state index in [9.17, 15) is 14.0 Å². The van der Waals surface area contributed by atoms with Crippen molar-refractivity contribution in [2.45, 2.75) is 12.3 Å². The Morgan fingerprint density at radius 1 is 1.00 bits per heavy atom. The fourth-order valence-electron chi connectivity index (χ4n) is 4.18. The van der Waals surface area contributed by atoms with Gasteiger partial charge in [0.05, 0.1) is 11.4 Å². The number of nitrogens with zero attached hydrogens (tertiary/aromatic N) is 1. The average molecular weight is 457 g/mol. The normalized spacial score (nSPS) is 15.8. The number of anilines is 2. The third kappa shape index (κ3) is 3.98. The number of hydrogen-bond donors (Lipinski definition) is 1. The van der Waals surface area contributed by atoms with Crippen molar-refractivity contribution < 1.29 is 14.0 Å². The Bertz CT molecular complexity index is 1380. The average Bonchev–Trinajstić information content (AvgIpc) is 3.21. The van der Waals surface area contributed by atoms with Crippen molar-refractivity contribution in [3.8, 4) is 0 Å². The zero-order valence-electron chi connectivity index (χ0n) is 17.9. The first-order valence-electron chi connectivity index (χ1n) is 10.6. The Morgan fingerprint density at radius 2 is 1.76 bits per heavy atom. The molecule has 0 spiro atoms. The van der Waals surface area contributed by atoms with Crippen molar-refractivity contribution in [2.75, 3.05) is 16.0 Å². The molecule has 1 aliphatic heterocycles. The summed E-state index contributed by atoms with van der Waals surface area (Å²) in [5.74, 6) is -0.291. The van der Waals surface area contributed by atoms with Crippen LogP contribution in [0.5, 0.6) is 0 Å². The van der Waals surface area contributed by atoms with Crippen molar-refractivity contribution >= 4 is 45.7 Å². The van der Waals surface area contributed by atoms with E-state index >= 15 is 0 Å². The molecule has 0 saturated carbocycles. The minimum Gasteiger partial charge on any atom is -0.322 e. The molecule has 1 aliphatic rings. The highest BCUT2D eigenvalue weighted by Crippen LogP contribution is 2.43. The maximum Gasteiger partial charge on any atom is 0.256 e. The first-order chi connectivity index (χ1) is 16.0. The number of halogens is 1. The van der Waals surface area contributed by atoms with Crippen LogP contribution >= 0.6 is 11.8 Å². The second-order valence-corrected chi connectivity index (χ2v) is 8.99. The zero-order valence-corrected chi connectivity index (χ0v) is 18.7. The van der Waals surface area contributed by atoms with E-state index in [4.69, 9.17) is 0 Å². The number of carbonyl (C=O) groups excluding carboxylic acids is 2. The van der Waals surface area contributed by atoms with E-state index in [1.54, 1.807) is 24.0 Å². The van der Waals surface area contributed by atoms with Gasteiger partial charge in [-0.2, -0.15) is 0 Å². The van der Waals surface area contributed by atoms with Crippen LogP contribution in [0, 0.1) is 12.7 Å². The Morgan fingerprint density at radius 3 is 2.64 bits per heavy atom. The highest BCUT2D eigenvalue weighted by Gasteiger charge is 2.35. The largest absolute Gasteiger partial charge is 0.322 e. The van der Waals surface area contributed by atoms with Crippen molar-refractivity contribution in [1.29, 1.82) is 0 Å². The molecule has 0 bridgehead atoms. The molecule has 6 heteroatoms. The van der Waals surface area contributed by atoms with Gasteiger partial charge in [0.2, 0.25) is 5.91 Å². The van der Waals surface area contributed by atoms with Gasteiger partial charge in [0.15, 0.2) is 0 Å². The summed E-state index contributed by atoms with van der Waals surface area (Å²) in [6.07, 6.45) is 0. The van der Waals surface area contributed by atoms with Gasteiger partial charge >= 0.3 is 0 Å². The fourth-order valence-corrected chi connectivity index (χ4v) is 5.34. The predicted molar refractivity (Wildman–Crippen MR) is 132 cm³/mol. The van der Waals surface area contributed by atoms with E-state index in [2.05, 4.69) is 5.32 Å². The van der Waals surface area contributed by atoms with Crippen LogP contribution in [0.15, 0.2) is 84.9 Å². The minimum absolute atomic E-state index is 0.0658. The Labute approximate surface area is 195 Å². The van der Waals surface area contributed by atoms with Crippen molar-refractivity contribution in [3.05, 3.63) is 107 Å². The SMILES string of the molecule is Cc1c(F)cccc1N1C(=O)CS[C@H]1c1cccc(NC(=O)c2cccc3ccccc23)c1. The third-order valence-corrected chi connectivity index (χ3v) is 7.04. The molecule has 33 heavy (non-hydrogen) atoms. The lowest BCUT2D eigenvalue weighted by Crippen LogP contribution is -2.28. The van der Waals surface area contributed by atoms with E-state index in [-0.39, 0.29) is 23.0 Å². The van der Waals surface area contributed by atoms with Crippen LogP contribution in [0.4, 0.5) is 15.8 Å². The Balaban J connectivity index is 1.45. The monoisotopic (exact) mass is 456 g/mol. The molecule has 4 nitrogen and oxygen atoms in total. The van der Waals surface area contributed by atoms with Gasteiger partial charge in [0.25, 0.3) is 5.91 Å². The molecule has 164 valence electrons. The number of rotatable bonds is 4. The molecule has 0 radical (unpaired) electrons. The summed E-state index contributed by atoms with van der Waals surface area (Å²) in [4.78, 5) is 27.4. The van der Waals surface area contributed by atoms with Gasteiger partial charge < -0.3 is 5.32 Å². The quantitative estimate of drug-likeness (QED) is 0.391. The Hall–Kier alpha value is -3.64. The van der Waals surface area contributed by atoms with Gasteiger partial charge in [-0.25, -0.2) is 4.39 Å². The lowest BCUT2D eigenvalue weighted by Gasteiger charge is -2.26. The van der Waals surface area contributed by atoms with Gasteiger partial charge in [-0.3, -0.25) is 14.5 Å². The molecular weight excluding hydrogens is 435 g/mol. The summed E-state index contributed by atoms with van der Waals surface area (Å²) >= 11 is 1.49. The van der Waals surface area contributed by atoms with Crippen LogP contribution in [0.1, 0.15) is 26.9 Å². The van der Waals surface area contributed by atoms with Crippen molar-refractivity contribution in [2.24, 2.45) is 0 Å². The number of carbonyl (C=O) groups is 2. The molecule has 1 atom stereocenters. The maximum absolute atomic E-state index is 14.2. The van der Waals surface area contributed by atoms with E-state index in [1.807, 2.05) is 66.7 Å². The van der Waals surface area contributed by atoms with Crippen molar-refractivity contribution in [1.82, 2.24) is 0 Å². The summed E-state index contributed by atoms with van der Waals surface area (Å²) in [6.45, 7) is 1.68. The lowest BCUT2D eigenvalue weighted by atomic mass is 10.0. The molecule has 4 aromatic rings. The summed E-state index contributed by atoms with van der Waals surface area (Å²) in [7, 11) is 0. The molecule has 1 heterocycles. The second kappa shape index (κ2) is 8.71. The topological polar surface area (TPSA) is 49.4 Å². The molecule has 1 saturated heterocycles. The predicted octanol–water partition coefficient (Wildman–Crippen LogP) is 6.32. The summed E-state index contributed by atoms with van der Waals surface area (Å²) in [5.41, 5.74) is 3.12. The van der Waals surface area contributed by atoms with Crippen LogP contribution in [0.3, 0.4) is 0 Å². The molecule has 5 rings (SSSR count). The van der Waals surface area contributed by atoms with Gasteiger partial charge in [0, 0.05) is 16.8 Å². The van der Waals surface area contributed by atoms with Crippen LogP contribution in [0.2, 0.25) is 0 Å². The fraction of sp³-hybridized carbons (Fsp3) is 0.111. The van der Waals surface area contributed by atoms with Gasteiger partial charge in [-0.1, -0.05) is 54.6 Å². The summed E-state index contributed by atoms with van der Waals surface area (Å²) < 4.78 is 14.2. The molecule has 4 aromatic carbocycles. The number of fused-ring (bicyclic) bond motifs is 1. The molecule has 0 aromatic heterocycles. The summed E-state index contributed by atoms with van der Waals surface area (Å²) in [6, 6.07) is 25.7. The smallest absolute Gasteiger partial charge is 0.256 e. The van der Waals surface area contributed by atoms with E-state index in [0.717, 1.165) is 16.3 Å². The number of benzene rings is 4. The molecule has 1 fully saturated rings. The molecule has 1 N–H and O–H groups in total.